The number of hydrogen-bond donors (Lipinski definition) is 3. The molecule has 1 aromatic heterocycles. The summed E-state index contributed by atoms with van der Waals surface area (Å²) < 4.78 is 0. The van der Waals surface area contributed by atoms with Gasteiger partial charge in [-0.1, -0.05) is 11.8 Å². The molecule has 1 aliphatic carbocycles. The Kier molecular flexibility index (Phi) is 3.44. The predicted octanol–water partition coefficient (Wildman–Crippen LogP) is 0.615. The van der Waals surface area contributed by atoms with Crippen molar-refractivity contribution in [3.8, 4) is 0 Å². The molecule has 1 aromatic rings. The quantitative estimate of drug-likeness (QED) is 0.606. The highest BCUT2D eigenvalue weighted by molar-refractivity contribution is 7.99. The number of imidazole rings is 1. The van der Waals surface area contributed by atoms with Crippen molar-refractivity contribution < 1.29 is 5.11 Å². The number of nitrogens with zero attached hydrogens (tertiary/aromatic N) is 1. The molecule has 14 heavy (non-hydrogen) atoms. The van der Waals surface area contributed by atoms with Crippen LogP contribution in [0.3, 0.4) is 0 Å². The van der Waals surface area contributed by atoms with Crippen LogP contribution < -0.4 is 5.32 Å². The summed E-state index contributed by atoms with van der Waals surface area (Å²) in [7, 11) is 0. The van der Waals surface area contributed by atoms with Crippen LogP contribution in [0, 0.1) is 0 Å². The van der Waals surface area contributed by atoms with E-state index in [9.17, 15) is 5.11 Å². The lowest BCUT2D eigenvalue weighted by molar-refractivity contribution is 0.195. The molecule has 78 valence electrons. The molecule has 3 N–H and O–H groups in total. The molecule has 1 unspecified atom stereocenters. The van der Waals surface area contributed by atoms with Crippen LogP contribution in [0.15, 0.2) is 17.6 Å². The summed E-state index contributed by atoms with van der Waals surface area (Å²) in [5, 5.41) is 13.8. The molecule has 0 aromatic carbocycles. The minimum Gasteiger partial charge on any atom is -0.391 e. The highest BCUT2D eigenvalue weighted by Crippen LogP contribution is 2.19. The Morgan fingerprint density at radius 3 is 3.21 bits per heavy atom. The van der Waals surface area contributed by atoms with Crippen molar-refractivity contribution in [1.29, 1.82) is 0 Å². The van der Waals surface area contributed by atoms with E-state index in [-0.39, 0.29) is 6.10 Å². The zero-order valence-electron chi connectivity index (χ0n) is 7.94. The van der Waals surface area contributed by atoms with Crippen molar-refractivity contribution in [2.45, 2.75) is 30.1 Å². The summed E-state index contributed by atoms with van der Waals surface area (Å²) in [5.41, 5.74) is 0. The van der Waals surface area contributed by atoms with Crippen molar-refractivity contribution in [3.63, 3.8) is 0 Å². The molecule has 2 rings (SSSR count). The lowest BCUT2D eigenvalue weighted by Crippen LogP contribution is -2.29. The van der Waals surface area contributed by atoms with E-state index in [1.165, 1.54) is 12.8 Å². The van der Waals surface area contributed by atoms with E-state index in [4.69, 9.17) is 0 Å². The minimum atomic E-state index is -0.286. The van der Waals surface area contributed by atoms with Crippen molar-refractivity contribution >= 4 is 11.8 Å². The number of H-pyrrole nitrogens is 1. The third kappa shape index (κ3) is 3.32. The van der Waals surface area contributed by atoms with Gasteiger partial charge in [0.25, 0.3) is 0 Å². The van der Waals surface area contributed by atoms with E-state index < -0.39 is 0 Å². The molecule has 0 bridgehead atoms. The summed E-state index contributed by atoms with van der Waals surface area (Å²) >= 11 is 1.55. The molecular formula is C9H15N3OS. The molecule has 1 saturated carbocycles. The summed E-state index contributed by atoms with van der Waals surface area (Å²) in [6, 6.07) is 0.665. The normalized spacial score (nSPS) is 18.4. The van der Waals surface area contributed by atoms with Crippen molar-refractivity contribution in [1.82, 2.24) is 15.3 Å². The van der Waals surface area contributed by atoms with E-state index in [0.29, 0.717) is 18.3 Å². The number of hydrogen-bond acceptors (Lipinski definition) is 4. The molecule has 1 atom stereocenters. The van der Waals surface area contributed by atoms with Gasteiger partial charge in [0.15, 0.2) is 5.16 Å². The van der Waals surface area contributed by atoms with Gasteiger partial charge in [-0.3, -0.25) is 0 Å². The van der Waals surface area contributed by atoms with Crippen LogP contribution in [0.4, 0.5) is 0 Å². The van der Waals surface area contributed by atoms with E-state index in [1.54, 1.807) is 24.2 Å². The van der Waals surface area contributed by atoms with Gasteiger partial charge in [-0.25, -0.2) is 4.98 Å². The first kappa shape index (κ1) is 10.0. The number of aromatic amines is 1. The van der Waals surface area contributed by atoms with Crippen LogP contribution >= 0.6 is 11.8 Å². The number of rotatable bonds is 6. The van der Waals surface area contributed by atoms with Gasteiger partial charge in [0.2, 0.25) is 0 Å². The molecule has 1 fully saturated rings. The predicted molar refractivity (Wildman–Crippen MR) is 56.3 cm³/mol. The molecule has 1 heterocycles. The maximum absolute atomic E-state index is 9.60. The Morgan fingerprint density at radius 2 is 2.57 bits per heavy atom. The first-order chi connectivity index (χ1) is 6.84. The molecule has 0 amide bonds. The van der Waals surface area contributed by atoms with Crippen molar-refractivity contribution in [2.24, 2.45) is 0 Å². The zero-order valence-corrected chi connectivity index (χ0v) is 8.76. The van der Waals surface area contributed by atoms with Gasteiger partial charge in [-0.2, -0.15) is 0 Å². The maximum atomic E-state index is 9.60. The maximum Gasteiger partial charge on any atom is 0.165 e. The average molecular weight is 213 g/mol. The molecule has 0 saturated heterocycles. The summed E-state index contributed by atoms with van der Waals surface area (Å²) in [4.78, 5) is 7.06. The summed E-state index contributed by atoms with van der Waals surface area (Å²) in [5.74, 6) is 0.688. The Bertz CT molecular complexity index is 261. The second-order valence-electron chi connectivity index (χ2n) is 3.54. The van der Waals surface area contributed by atoms with Gasteiger partial charge in [-0.05, 0) is 12.8 Å². The van der Waals surface area contributed by atoms with Gasteiger partial charge >= 0.3 is 0 Å². The molecule has 0 spiro atoms. The van der Waals surface area contributed by atoms with Gasteiger partial charge in [0, 0.05) is 30.7 Å². The fourth-order valence-electron chi connectivity index (χ4n) is 1.15. The van der Waals surface area contributed by atoms with Gasteiger partial charge in [0.05, 0.1) is 6.10 Å². The number of aliphatic hydroxyl groups is 1. The molecule has 4 nitrogen and oxygen atoms in total. The standard InChI is InChI=1S/C9H15N3OS/c13-8(5-12-7-1-2-7)6-14-9-10-3-4-11-9/h3-4,7-8,12-13H,1-2,5-6H2,(H,10,11). The van der Waals surface area contributed by atoms with E-state index >= 15 is 0 Å². The first-order valence-electron chi connectivity index (χ1n) is 4.88. The molecule has 1 aliphatic rings. The number of aliphatic hydroxyl groups excluding tert-OH is 1. The van der Waals surface area contributed by atoms with Crippen LogP contribution in [0.1, 0.15) is 12.8 Å². The number of thioether (sulfide) groups is 1. The van der Waals surface area contributed by atoms with Gasteiger partial charge in [0.1, 0.15) is 0 Å². The van der Waals surface area contributed by atoms with Gasteiger partial charge < -0.3 is 15.4 Å². The second kappa shape index (κ2) is 4.82. The smallest absolute Gasteiger partial charge is 0.165 e. The highest BCUT2D eigenvalue weighted by atomic mass is 32.2. The van der Waals surface area contributed by atoms with Gasteiger partial charge in [-0.15, -0.1) is 0 Å². The largest absolute Gasteiger partial charge is 0.391 e. The third-order valence-electron chi connectivity index (χ3n) is 2.11. The van der Waals surface area contributed by atoms with E-state index in [2.05, 4.69) is 15.3 Å². The molecule has 0 radical (unpaired) electrons. The van der Waals surface area contributed by atoms with Crippen LogP contribution in [0.25, 0.3) is 0 Å². The number of aromatic nitrogens is 2. The SMILES string of the molecule is OC(CNC1CC1)CSc1ncc[nH]1. The molecular weight excluding hydrogens is 198 g/mol. The summed E-state index contributed by atoms with van der Waals surface area (Å²) in [6.45, 7) is 0.693. The monoisotopic (exact) mass is 213 g/mol. The summed E-state index contributed by atoms with van der Waals surface area (Å²) in [6.07, 6.45) is 5.75. The number of nitrogens with one attached hydrogen (secondary N) is 2. The average Bonchev–Trinajstić information content (AvgIpc) is 2.87. The topological polar surface area (TPSA) is 60.9 Å². The Balaban J connectivity index is 1.59. The van der Waals surface area contributed by atoms with Crippen molar-refractivity contribution in [2.75, 3.05) is 12.3 Å². The Hall–Kier alpha value is -0.520. The van der Waals surface area contributed by atoms with Crippen LogP contribution in [0.5, 0.6) is 0 Å². The zero-order chi connectivity index (χ0) is 9.80. The van der Waals surface area contributed by atoms with Crippen molar-refractivity contribution in [3.05, 3.63) is 12.4 Å². The molecule has 5 heteroatoms. The lowest BCUT2D eigenvalue weighted by Gasteiger charge is -2.09. The van der Waals surface area contributed by atoms with E-state index in [0.717, 1.165) is 5.16 Å². The van der Waals surface area contributed by atoms with Crippen LogP contribution in [0.2, 0.25) is 0 Å². The van der Waals surface area contributed by atoms with Crippen LogP contribution in [-0.2, 0) is 0 Å². The lowest BCUT2D eigenvalue weighted by atomic mass is 10.4. The van der Waals surface area contributed by atoms with E-state index in [1.807, 2.05) is 0 Å². The minimum absolute atomic E-state index is 0.286. The van der Waals surface area contributed by atoms with Crippen LogP contribution in [-0.4, -0.2) is 39.5 Å². The fourth-order valence-corrected chi connectivity index (χ4v) is 1.91. The highest BCUT2D eigenvalue weighted by Gasteiger charge is 2.21. The third-order valence-corrected chi connectivity index (χ3v) is 3.15. The Morgan fingerprint density at radius 1 is 1.71 bits per heavy atom. The second-order valence-corrected chi connectivity index (χ2v) is 4.55. The molecule has 0 aliphatic heterocycles. The first-order valence-corrected chi connectivity index (χ1v) is 5.87. The fraction of sp³-hybridized carbons (Fsp3) is 0.667. The Labute approximate surface area is 87.5 Å².